The van der Waals surface area contributed by atoms with Crippen LogP contribution in [-0.2, 0) is 0 Å². The third-order valence-corrected chi connectivity index (χ3v) is 3.29. The molecule has 0 spiro atoms. The Balaban J connectivity index is 1.80. The van der Waals surface area contributed by atoms with Crippen LogP contribution in [-0.4, -0.2) is 4.98 Å². The molecule has 0 aliphatic carbocycles. The smallest absolute Gasteiger partial charge is 0.219 e. The Bertz CT molecular complexity index is 737. The molecule has 21 heavy (non-hydrogen) atoms. The lowest BCUT2D eigenvalue weighted by Gasteiger charge is -2.08. The SMILES string of the molecule is Cc1nc(Oc2ccc(-c3ccccc3)cc2)ccc1N. The predicted molar refractivity (Wildman–Crippen MR) is 85.3 cm³/mol. The molecule has 104 valence electrons. The maximum Gasteiger partial charge on any atom is 0.219 e. The second-order valence-electron chi connectivity index (χ2n) is 4.82. The number of aromatic nitrogens is 1. The molecule has 3 nitrogen and oxygen atoms in total. The van der Waals surface area contributed by atoms with Crippen molar-refractivity contribution in [3.8, 4) is 22.8 Å². The molecule has 1 aromatic heterocycles. The van der Waals surface area contributed by atoms with Gasteiger partial charge < -0.3 is 10.5 Å². The summed E-state index contributed by atoms with van der Waals surface area (Å²) in [6.45, 7) is 1.86. The third kappa shape index (κ3) is 3.03. The van der Waals surface area contributed by atoms with Gasteiger partial charge in [0.15, 0.2) is 0 Å². The summed E-state index contributed by atoms with van der Waals surface area (Å²) in [5.74, 6) is 1.31. The van der Waals surface area contributed by atoms with Crippen LogP contribution in [0.2, 0.25) is 0 Å². The number of nitrogens with zero attached hydrogens (tertiary/aromatic N) is 1. The van der Waals surface area contributed by atoms with Gasteiger partial charge in [0.05, 0.1) is 11.4 Å². The predicted octanol–water partition coefficient (Wildman–Crippen LogP) is 4.43. The maximum atomic E-state index is 5.75. The molecule has 0 radical (unpaired) electrons. The summed E-state index contributed by atoms with van der Waals surface area (Å²) in [4.78, 5) is 4.30. The van der Waals surface area contributed by atoms with Gasteiger partial charge in [0, 0.05) is 6.07 Å². The van der Waals surface area contributed by atoms with Crippen molar-refractivity contribution >= 4 is 5.69 Å². The number of hydrogen-bond donors (Lipinski definition) is 1. The van der Waals surface area contributed by atoms with E-state index in [-0.39, 0.29) is 0 Å². The molecule has 0 amide bonds. The number of nitrogen functional groups attached to an aromatic ring is 1. The number of rotatable bonds is 3. The minimum atomic E-state index is 0.550. The number of benzene rings is 2. The van der Waals surface area contributed by atoms with Crippen molar-refractivity contribution in [1.29, 1.82) is 0 Å². The van der Waals surface area contributed by atoms with Gasteiger partial charge in [0.25, 0.3) is 0 Å². The van der Waals surface area contributed by atoms with Gasteiger partial charge in [-0.2, -0.15) is 0 Å². The third-order valence-electron chi connectivity index (χ3n) is 3.29. The van der Waals surface area contributed by atoms with E-state index in [0.29, 0.717) is 11.6 Å². The Hall–Kier alpha value is -2.81. The summed E-state index contributed by atoms with van der Waals surface area (Å²) in [6.07, 6.45) is 0. The summed E-state index contributed by atoms with van der Waals surface area (Å²) in [5, 5.41) is 0. The van der Waals surface area contributed by atoms with E-state index in [0.717, 1.165) is 17.0 Å². The normalized spacial score (nSPS) is 10.3. The van der Waals surface area contributed by atoms with Crippen molar-refractivity contribution in [2.75, 3.05) is 5.73 Å². The molecule has 0 unspecified atom stereocenters. The molecule has 1 heterocycles. The monoisotopic (exact) mass is 276 g/mol. The largest absolute Gasteiger partial charge is 0.439 e. The first kappa shape index (κ1) is 13.2. The second kappa shape index (κ2) is 5.67. The Morgan fingerprint density at radius 1 is 0.810 bits per heavy atom. The van der Waals surface area contributed by atoms with E-state index in [1.165, 1.54) is 5.56 Å². The van der Waals surface area contributed by atoms with E-state index in [4.69, 9.17) is 10.5 Å². The van der Waals surface area contributed by atoms with Gasteiger partial charge in [-0.25, -0.2) is 4.98 Å². The lowest BCUT2D eigenvalue weighted by atomic mass is 10.1. The van der Waals surface area contributed by atoms with Crippen molar-refractivity contribution in [3.63, 3.8) is 0 Å². The highest BCUT2D eigenvalue weighted by molar-refractivity contribution is 5.64. The zero-order chi connectivity index (χ0) is 14.7. The second-order valence-corrected chi connectivity index (χ2v) is 4.82. The van der Waals surface area contributed by atoms with E-state index in [1.54, 1.807) is 12.1 Å². The van der Waals surface area contributed by atoms with E-state index in [1.807, 2.05) is 49.4 Å². The molecule has 0 aliphatic heterocycles. The van der Waals surface area contributed by atoms with Crippen LogP contribution in [0.15, 0.2) is 66.7 Å². The molecule has 0 saturated carbocycles. The molecule has 2 N–H and O–H groups in total. The van der Waals surface area contributed by atoms with Crippen LogP contribution in [0.4, 0.5) is 5.69 Å². The van der Waals surface area contributed by atoms with E-state index >= 15 is 0 Å². The van der Waals surface area contributed by atoms with Crippen molar-refractivity contribution in [2.45, 2.75) is 6.92 Å². The average Bonchev–Trinajstić information content (AvgIpc) is 2.53. The van der Waals surface area contributed by atoms with Crippen molar-refractivity contribution < 1.29 is 4.74 Å². The Labute approximate surface area is 124 Å². The molecule has 3 rings (SSSR count). The van der Waals surface area contributed by atoms with Gasteiger partial charge in [-0.3, -0.25) is 0 Å². The molecule has 3 aromatic rings. The molecule has 3 heteroatoms. The van der Waals surface area contributed by atoms with Crippen LogP contribution in [0.25, 0.3) is 11.1 Å². The molecular weight excluding hydrogens is 260 g/mol. The topological polar surface area (TPSA) is 48.1 Å². The number of aryl methyl sites for hydroxylation is 1. The molecule has 0 fully saturated rings. The maximum absolute atomic E-state index is 5.75. The van der Waals surface area contributed by atoms with Crippen molar-refractivity contribution in [3.05, 3.63) is 72.4 Å². The Kier molecular flexibility index (Phi) is 3.56. The highest BCUT2D eigenvalue weighted by atomic mass is 16.5. The number of ether oxygens (including phenoxy) is 1. The van der Waals surface area contributed by atoms with Gasteiger partial charge in [-0.15, -0.1) is 0 Å². The molecule has 0 aliphatic rings. The Morgan fingerprint density at radius 2 is 1.48 bits per heavy atom. The molecule has 0 bridgehead atoms. The first-order chi connectivity index (χ1) is 10.2. The van der Waals surface area contributed by atoms with Crippen LogP contribution >= 0.6 is 0 Å². The highest BCUT2D eigenvalue weighted by Gasteiger charge is 2.02. The van der Waals surface area contributed by atoms with Gasteiger partial charge >= 0.3 is 0 Å². The first-order valence-corrected chi connectivity index (χ1v) is 6.79. The zero-order valence-electron chi connectivity index (χ0n) is 11.8. The summed E-state index contributed by atoms with van der Waals surface area (Å²) in [5.41, 5.74) is 9.53. The lowest BCUT2D eigenvalue weighted by Crippen LogP contribution is -1.95. The van der Waals surface area contributed by atoms with E-state index in [9.17, 15) is 0 Å². The van der Waals surface area contributed by atoms with Crippen molar-refractivity contribution in [1.82, 2.24) is 4.98 Å². The van der Waals surface area contributed by atoms with Crippen molar-refractivity contribution in [2.24, 2.45) is 0 Å². The summed E-state index contributed by atoms with van der Waals surface area (Å²) in [7, 11) is 0. The highest BCUT2D eigenvalue weighted by Crippen LogP contribution is 2.25. The van der Waals surface area contributed by atoms with Gasteiger partial charge in [-0.1, -0.05) is 42.5 Å². The van der Waals surface area contributed by atoms with E-state index in [2.05, 4.69) is 17.1 Å². The standard InChI is InChI=1S/C18H16N2O/c1-13-17(19)11-12-18(20-13)21-16-9-7-15(8-10-16)14-5-3-2-4-6-14/h2-12H,19H2,1H3. The van der Waals surface area contributed by atoms with Gasteiger partial charge in [0.1, 0.15) is 5.75 Å². The minimum Gasteiger partial charge on any atom is -0.439 e. The fourth-order valence-corrected chi connectivity index (χ4v) is 2.07. The van der Waals surface area contributed by atoms with Crippen LogP contribution in [0.1, 0.15) is 5.69 Å². The summed E-state index contributed by atoms with van der Waals surface area (Å²) >= 11 is 0. The number of nitrogens with two attached hydrogens (primary N) is 1. The van der Waals surface area contributed by atoms with Crippen LogP contribution in [0.5, 0.6) is 11.6 Å². The number of anilines is 1. The van der Waals surface area contributed by atoms with Gasteiger partial charge in [-0.05, 0) is 36.2 Å². The van der Waals surface area contributed by atoms with Crippen LogP contribution in [0.3, 0.4) is 0 Å². The number of pyridine rings is 1. The van der Waals surface area contributed by atoms with E-state index < -0.39 is 0 Å². The lowest BCUT2D eigenvalue weighted by molar-refractivity contribution is 0.462. The molecular formula is C18H16N2O. The zero-order valence-corrected chi connectivity index (χ0v) is 11.8. The Morgan fingerprint density at radius 3 is 2.14 bits per heavy atom. The first-order valence-electron chi connectivity index (χ1n) is 6.79. The summed E-state index contributed by atoms with van der Waals surface area (Å²) in [6, 6.07) is 21.8. The van der Waals surface area contributed by atoms with Gasteiger partial charge in [0.2, 0.25) is 5.88 Å². The fraction of sp³-hybridized carbons (Fsp3) is 0.0556. The molecule has 2 aromatic carbocycles. The molecule has 0 saturated heterocycles. The van der Waals surface area contributed by atoms with Crippen LogP contribution < -0.4 is 10.5 Å². The fourth-order valence-electron chi connectivity index (χ4n) is 2.07. The minimum absolute atomic E-state index is 0.550. The number of hydrogen-bond acceptors (Lipinski definition) is 3. The van der Waals surface area contributed by atoms with Crippen LogP contribution in [0, 0.1) is 6.92 Å². The quantitative estimate of drug-likeness (QED) is 0.769. The average molecular weight is 276 g/mol. The summed E-state index contributed by atoms with van der Waals surface area (Å²) < 4.78 is 5.74. The molecule has 0 atom stereocenters.